The van der Waals surface area contributed by atoms with E-state index in [1.54, 1.807) is 31.9 Å². The summed E-state index contributed by atoms with van der Waals surface area (Å²) >= 11 is 1.71. The highest BCUT2D eigenvalue weighted by atomic mass is 32.1. The van der Waals surface area contributed by atoms with Crippen molar-refractivity contribution in [3.05, 3.63) is 40.5 Å². The van der Waals surface area contributed by atoms with Crippen molar-refractivity contribution in [3.8, 4) is 11.5 Å². The fourth-order valence-corrected chi connectivity index (χ4v) is 3.67. The van der Waals surface area contributed by atoms with Crippen LogP contribution in [0.2, 0.25) is 0 Å². The van der Waals surface area contributed by atoms with Crippen molar-refractivity contribution in [2.45, 2.75) is 20.3 Å². The van der Waals surface area contributed by atoms with Gasteiger partial charge in [-0.1, -0.05) is 6.07 Å². The molecule has 0 atom stereocenters. The number of aryl methyl sites for hydroxylation is 2. The summed E-state index contributed by atoms with van der Waals surface area (Å²) in [5, 5.41) is 4.57. The highest BCUT2D eigenvalue weighted by molar-refractivity contribution is 7.18. The summed E-state index contributed by atoms with van der Waals surface area (Å²) in [5.41, 5.74) is 2.44. The molecule has 3 rings (SSSR count). The second-order valence-electron chi connectivity index (χ2n) is 5.55. The Morgan fingerprint density at radius 1 is 1.08 bits per heavy atom. The second-order valence-corrected chi connectivity index (χ2v) is 6.75. The summed E-state index contributed by atoms with van der Waals surface area (Å²) in [6.45, 7) is 5.03. The van der Waals surface area contributed by atoms with Gasteiger partial charge in [0.1, 0.15) is 17.0 Å². The maximum absolute atomic E-state index is 5.35. The Labute approximate surface area is 145 Å². The van der Waals surface area contributed by atoms with Gasteiger partial charge in [-0.3, -0.25) is 0 Å². The van der Waals surface area contributed by atoms with Crippen molar-refractivity contribution in [3.63, 3.8) is 0 Å². The molecule has 0 aliphatic carbocycles. The number of thiophene rings is 1. The summed E-state index contributed by atoms with van der Waals surface area (Å²) in [4.78, 5) is 11.1. The molecule has 0 fully saturated rings. The predicted octanol–water partition coefficient (Wildman–Crippen LogP) is 3.98. The van der Waals surface area contributed by atoms with Crippen LogP contribution in [0.15, 0.2) is 24.5 Å². The van der Waals surface area contributed by atoms with Gasteiger partial charge >= 0.3 is 0 Å². The van der Waals surface area contributed by atoms with E-state index < -0.39 is 0 Å². The zero-order chi connectivity index (χ0) is 17.1. The predicted molar refractivity (Wildman–Crippen MR) is 98.6 cm³/mol. The van der Waals surface area contributed by atoms with Gasteiger partial charge < -0.3 is 14.8 Å². The first-order valence-electron chi connectivity index (χ1n) is 7.79. The third-order valence-corrected chi connectivity index (χ3v) is 5.23. The summed E-state index contributed by atoms with van der Waals surface area (Å²) in [6.07, 6.45) is 2.49. The van der Waals surface area contributed by atoms with E-state index in [0.717, 1.165) is 40.5 Å². The monoisotopic (exact) mass is 343 g/mol. The van der Waals surface area contributed by atoms with Crippen molar-refractivity contribution in [1.29, 1.82) is 0 Å². The van der Waals surface area contributed by atoms with Gasteiger partial charge in [-0.15, -0.1) is 11.3 Å². The summed E-state index contributed by atoms with van der Waals surface area (Å²) in [6, 6.07) is 6.00. The average molecular weight is 343 g/mol. The molecule has 0 saturated carbocycles. The van der Waals surface area contributed by atoms with Crippen LogP contribution in [0, 0.1) is 13.8 Å². The van der Waals surface area contributed by atoms with E-state index in [9.17, 15) is 0 Å². The van der Waals surface area contributed by atoms with Crippen LogP contribution in [0.25, 0.3) is 10.2 Å². The van der Waals surface area contributed by atoms with Crippen molar-refractivity contribution < 1.29 is 9.47 Å². The Bertz CT molecular complexity index is 861. The average Bonchev–Trinajstić information content (AvgIpc) is 2.90. The van der Waals surface area contributed by atoms with E-state index in [4.69, 9.17) is 9.47 Å². The molecule has 0 unspecified atom stereocenters. The number of hydrogen-bond donors (Lipinski definition) is 1. The Balaban J connectivity index is 1.73. The lowest BCUT2D eigenvalue weighted by Gasteiger charge is -2.11. The maximum atomic E-state index is 5.35. The van der Waals surface area contributed by atoms with Gasteiger partial charge in [0, 0.05) is 11.4 Å². The molecule has 24 heavy (non-hydrogen) atoms. The number of rotatable bonds is 6. The second kappa shape index (κ2) is 7.05. The molecule has 0 amide bonds. The maximum Gasteiger partial charge on any atom is 0.160 e. The molecule has 0 aliphatic rings. The smallest absolute Gasteiger partial charge is 0.160 e. The first-order chi connectivity index (χ1) is 11.6. The molecule has 0 saturated heterocycles. The normalized spacial score (nSPS) is 10.8. The van der Waals surface area contributed by atoms with Crippen LogP contribution in [0.5, 0.6) is 11.5 Å². The van der Waals surface area contributed by atoms with Gasteiger partial charge in [-0.05, 0) is 43.5 Å². The first-order valence-corrected chi connectivity index (χ1v) is 8.61. The van der Waals surface area contributed by atoms with Crippen LogP contribution < -0.4 is 14.8 Å². The van der Waals surface area contributed by atoms with Gasteiger partial charge in [0.25, 0.3) is 0 Å². The van der Waals surface area contributed by atoms with Crippen LogP contribution in [-0.4, -0.2) is 30.7 Å². The van der Waals surface area contributed by atoms with Crippen molar-refractivity contribution in [2.24, 2.45) is 0 Å². The van der Waals surface area contributed by atoms with E-state index in [-0.39, 0.29) is 0 Å². The minimum atomic E-state index is 0.746. The van der Waals surface area contributed by atoms with Gasteiger partial charge in [0.15, 0.2) is 11.5 Å². The number of benzene rings is 1. The van der Waals surface area contributed by atoms with Crippen LogP contribution in [-0.2, 0) is 6.42 Å². The third-order valence-electron chi connectivity index (χ3n) is 4.12. The van der Waals surface area contributed by atoms with Crippen molar-refractivity contribution >= 4 is 27.4 Å². The quantitative estimate of drug-likeness (QED) is 0.734. The number of methoxy groups -OCH3 is 2. The van der Waals surface area contributed by atoms with Gasteiger partial charge in [-0.2, -0.15) is 0 Å². The zero-order valence-corrected chi connectivity index (χ0v) is 15.2. The van der Waals surface area contributed by atoms with E-state index >= 15 is 0 Å². The van der Waals surface area contributed by atoms with Crippen LogP contribution in [0.4, 0.5) is 5.82 Å². The molecule has 5 nitrogen and oxygen atoms in total. The Morgan fingerprint density at radius 3 is 2.62 bits per heavy atom. The van der Waals surface area contributed by atoms with Crippen LogP contribution in [0.3, 0.4) is 0 Å². The standard InChI is InChI=1S/C18H21N3O2S/c1-11-12(2)24-18-16(11)17(20-10-21-18)19-8-7-13-5-6-14(22-3)15(9-13)23-4/h5-6,9-10H,7-8H2,1-4H3,(H,19,20,21). The minimum Gasteiger partial charge on any atom is -0.493 e. The lowest BCUT2D eigenvalue weighted by atomic mass is 10.1. The number of ether oxygens (including phenoxy) is 2. The molecular weight excluding hydrogens is 322 g/mol. The molecule has 2 heterocycles. The molecule has 3 aromatic rings. The first kappa shape index (κ1) is 16.5. The number of aromatic nitrogens is 2. The molecular formula is C18H21N3O2S. The van der Waals surface area contributed by atoms with Gasteiger partial charge in [0.2, 0.25) is 0 Å². The Morgan fingerprint density at radius 2 is 1.88 bits per heavy atom. The minimum absolute atomic E-state index is 0.746. The highest BCUT2D eigenvalue weighted by Gasteiger charge is 2.11. The molecule has 2 aromatic heterocycles. The zero-order valence-electron chi connectivity index (χ0n) is 14.3. The fraction of sp³-hybridized carbons (Fsp3) is 0.333. The topological polar surface area (TPSA) is 56.3 Å². The van der Waals surface area contributed by atoms with Crippen LogP contribution in [0.1, 0.15) is 16.0 Å². The van der Waals surface area contributed by atoms with Crippen molar-refractivity contribution in [2.75, 3.05) is 26.1 Å². The lowest BCUT2D eigenvalue weighted by Crippen LogP contribution is -2.07. The number of fused-ring (bicyclic) bond motifs is 1. The highest BCUT2D eigenvalue weighted by Crippen LogP contribution is 2.32. The summed E-state index contributed by atoms with van der Waals surface area (Å²) < 4.78 is 10.6. The molecule has 1 aromatic carbocycles. The van der Waals surface area contributed by atoms with E-state index in [2.05, 4.69) is 35.2 Å². The molecule has 6 heteroatoms. The van der Waals surface area contributed by atoms with E-state index in [1.165, 1.54) is 16.0 Å². The largest absolute Gasteiger partial charge is 0.493 e. The molecule has 126 valence electrons. The number of hydrogen-bond acceptors (Lipinski definition) is 6. The number of nitrogens with one attached hydrogen (secondary N) is 1. The molecule has 0 aliphatic heterocycles. The third kappa shape index (κ3) is 3.14. The fourth-order valence-electron chi connectivity index (χ4n) is 2.68. The van der Waals surface area contributed by atoms with Gasteiger partial charge in [0.05, 0.1) is 19.6 Å². The van der Waals surface area contributed by atoms with E-state index in [0.29, 0.717) is 0 Å². The summed E-state index contributed by atoms with van der Waals surface area (Å²) in [7, 11) is 3.30. The molecule has 0 bridgehead atoms. The van der Waals surface area contributed by atoms with E-state index in [1.807, 2.05) is 12.1 Å². The van der Waals surface area contributed by atoms with Crippen molar-refractivity contribution in [1.82, 2.24) is 9.97 Å². The summed E-state index contributed by atoms with van der Waals surface area (Å²) in [5.74, 6) is 2.40. The van der Waals surface area contributed by atoms with Gasteiger partial charge in [-0.25, -0.2) is 9.97 Å². The Hall–Kier alpha value is -2.34. The van der Waals surface area contributed by atoms with Crippen LogP contribution >= 0.6 is 11.3 Å². The number of nitrogens with zero attached hydrogens (tertiary/aromatic N) is 2. The lowest BCUT2D eigenvalue weighted by molar-refractivity contribution is 0.354. The molecule has 1 N–H and O–H groups in total. The molecule has 0 radical (unpaired) electrons. The molecule has 0 spiro atoms. The number of anilines is 1. The Kier molecular flexibility index (Phi) is 4.85. The SMILES string of the molecule is COc1ccc(CCNc2ncnc3sc(C)c(C)c23)cc1OC.